The van der Waals surface area contributed by atoms with Crippen LogP contribution in [0, 0.1) is 5.92 Å². The molecule has 0 bridgehead atoms. The lowest BCUT2D eigenvalue weighted by atomic mass is 10.0. The number of nitrogens with two attached hydrogens (primary N) is 1. The molecule has 1 heterocycles. The number of aromatic nitrogens is 1. The fraction of sp³-hybridized carbons (Fsp3) is 0.615. The molecule has 0 saturated carbocycles. The minimum Gasteiger partial charge on any atom is -0.328 e. The van der Waals surface area contributed by atoms with Crippen LogP contribution in [0.5, 0.6) is 0 Å². The van der Waals surface area contributed by atoms with E-state index in [2.05, 4.69) is 36.8 Å². The van der Waals surface area contributed by atoms with Crippen LogP contribution in [-0.2, 0) is 6.42 Å². The number of hydrogen-bond acceptors (Lipinski definition) is 3. The lowest BCUT2D eigenvalue weighted by molar-refractivity contribution is 0.270. The molecular weight excluding hydrogens is 198 g/mol. The van der Waals surface area contributed by atoms with Gasteiger partial charge in [-0.1, -0.05) is 13.0 Å². The first-order valence-corrected chi connectivity index (χ1v) is 5.93. The largest absolute Gasteiger partial charge is 0.328 e. The van der Waals surface area contributed by atoms with Gasteiger partial charge in [-0.05, 0) is 32.0 Å². The van der Waals surface area contributed by atoms with Crippen molar-refractivity contribution in [3.63, 3.8) is 0 Å². The molecule has 1 aromatic heterocycles. The minimum absolute atomic E-state index is 0.261. The van der Waals surface area contributed by atoms with Crippen LogP contribution in [0.3, 0.4) is 0 Å². The molecule has 2 N–H and O–H groups in total. The summed E-state index contributed by atoms with van der Waals surface area (Å²) in [6, 6.07) is 6.32. The van der Waals surface area contributed by atoms with Crippen molar-refractivity contribution in [1.82, 2.24) is 9.88 Å². The second-order valence-electron chi connectivity index (χ2n) is 4.67. The number of rotatable bonds is 6. The Kier molecular flexibility index (Phi) is 5.43. The van der Waals surface area contributed by atoms with Crippen molar-refractivity contribution in [2.45, 2.75) is 26.3 Å². The fourth-order valence-electron chi connectivity index (χ4n) is 1.60. The van der Waals surface area contributed by atoms with Gasteiger partial charge in [-0.2, -0.15) is 0 Å². The Morgan fingerprint density at radius 2 is 2.12 bits per heavy atom. The molecule has 0 amide bonds. The van der Waals surface area contributed by atoms with Gasteiger partial charge in [-0.3, -0.25) is 4.98 Å². The third-order valence-electron chi connectivity index (χ3n) is 2.97. The van der Waals surface area contributed by atoms with Crippen LogP contribution in [0.25, 0.3) is 0 Å². The van der Waals surface area contributed by atoms with Crippen molar-refractivity contribution in [3.8, 4) is 0 Å². The van der Waals surface area contributed by atoms with Crippen LogP contribution >= 0.6 is 0 Å². The zero-order chi connectivity index (χ0) is 12.0. The Morgan fingerprint density at radius 3 is 2.69 bits per heavy atom. The standard InChI is InChI=1S/C13H23N3/c1-11(12(2)14)10-16(3)9-7-13-6-4-5-8-15-13/h4-6,8,11-12H,7,9-10,14H2,1-3H3. The SMILES string of the molecule is CC(N)C(C)CN(C)CCc1ccccn1. The van der Waals surface area contributed by atoms with E-state index in [9.17, 15) is 0 Å². The van der Waals surface area contributed by atoms with Crippen LogP contribution in [0.1, 0.15) is 19.5 Å². The average molecular weight is 221 g/mol. The molecule has 3 nitrogen and oxygen atoms in total. The van der Waals surface area contributed by atoms with Gasteiger partial charge in [-0.25, -0.2) is 0 Å². The van der Waals surface area contributed by atoms with Crippen LogP contribution in [0.2, 0.25) is 0 Å². The van der Waals surface area contributed by atoms with Gasteiger partial charge in [0.25, 0.3) is 0 Å². The summed E-state index contributed by atoms with van der Waals surface area (Å²) >= 11 is 0. The summed E-state index contributed by atoms with van der Waals surface area (Å²) in [6.45, 7) is 6.35. The molecule has 0 fully saturated rings. The topological polar surface area (TPSA) is 42.1 Å². The Balaban J connectivity index is 2.28. The summed E-state index contributed by atoms with van der Waals surface area (Å²) in [5, 5.41) is 0. The molecule has 16 heavy (non-hydrogen) atoms. The van der Waals surface area contributed by atoms with Gasteiger partial charge in [0, 0.05) is 37.4 Å². The Bertz CT molecular complexity index is 284. The quantitative estimate of drug-likeness (QED) is 0.792. The van der Waals surface area contributed by atoms with Gasteiger partial charge in [0.1, 0.15) is 0 Å². The maximum absolute atomic E-state index is 5.85. The van der Waals surface area contributed by atoms with Crippen LogP contribution < -0.4 is 5.73 Å². The summed E-state index contributed by atoms with van der Waals surface area (Å²) in [5.41, 5.74) is 7.01. The predicted molar refractivity (Wildman–Crippen MR) is 68.3 cm³/mol. The van der Waals surface area contributed by atoms with Crippen LogP contribution in [-0.4, -0.2) is 36.1 Å². The van der Waals surface area contributed by atoms with E-state index in [0.29, 0.717) is 5.92 Å². The van der Waals surface area contributed by atoms with E-state index in [-0.39, 0.29) is 6.04 Å². The molecular formula is C13H23N3. The molecule has 0 aliphatic heterocycles. The predicted octanol–water partition coefficient (Wildman–Crippen LogP) is 1.54. The molecule has 0 aliphatic carbocycles. The van der Waals surface area contributed by atoms with E-state index in [1.807, 2.05) is 18.3 Å². The number of likely N-dealkylation sites (N-methyl/N-ethyl adjacent to an activating group) is 1. The number of pyridine rings is 1. The molecule has 2 unspecified atom stereocenters. The highest BCUT2D eigenvalue weighted by Crippen LogP contribution is 2.03. The summed E-state index contributed by atoms with van der Waals surface area (Å²) in [6.07, 6.45) is 2.85. The van der Waals surface area contributed by atoms with Gasteiger partial charge >= 0.3 is 0 Å². The first-order chi connectivity index (χ1) is 7.59. The van der Waals surface area contributed by atoms with E-state index in [4.69, 9.17) is 5.73 Å². The van der Waals surface area contributed by atoms with Crippen molar-refractivity contribution in [3.05, 3.63) is 30.1 Å². The molecule has 0 radical (unpaired) electrons. The maximum Gasteiger partial charge on any atom is 0.0416 e. The van der Waals surface area contributed by atoms with Crippen LogP contribution in [0.4, 0.5) is 0 Å². The zero-order valence-corrected chi connectivity index (χ0v) is 10.6. The lowest BCUT2D eigenvalue weighted by Gasteiger charge is -2.23. The van der Waals surface area contributed by atoms with Crippen molar-refractivity contribution in [2.24, 2.45) is 11.7 Å². The number of hydrogen-bond donors (Lipinski definition) is 1. The fourth-order valence-corrected chi connectivity index (χ4v) is 1.60. The highest BCUT2D eigenvalue weighted by molar-refractivity contribution is 5.03. The summed E-state index contributed by atoms with van der Waals surface area (Å²) in [4.78, 5) is 6.64. The average Bonchev–Trinajstić information content (AvgIpc) is 2.27. The van der Waals surface area contributed by atoms with Gasteiger partial charge in [-0.15, -0.1) is 0 Å². The first-order valence-electron chi connectivity index (χ1n) is 5.93. The van der Waals surface area contributed by atoms with E-state index in [1.165, 1.54) is 0 Å². The third kappa shape index (κ3) is 4.73. The molecule has 0 aromatic carbocycles. The van der Waals surface area contributed by atoms with Gasteiger partial charge in [0.05, 0.1) is 0 Å². The summed E-state index contributed by atoms with van der Waals surface area (Å²) in [7, 11) is 2.14. The maximum atomic E-state index is 5.85. The highest BCUT2D eigenvalue weighted by Gasteiger charge is 2.10. The minimum atomic E-state index is 0.261. The normalized spacial score (nSPS) is 15.1. The smallest absolute Gasteiger partial charge is 0.0416 e. The summed E-state index contributed by atoms with van der Waals surface area (Å²) < 4.78 is 0. The number of nitrogens with zero attached hydrogens (tertiary/aromatic N) is 2. The summed E-state index contributed by atoms with van der Waals surface area (Å²) in [5.74, 6) is 0.536. The van der Waals surface area contributed by atoms with Crippen molar-refractivity contribution in [1.29, 1.82) is 0 Å². The van der Waals surface area contributed by atoms with E-state index >= 15 is 0 Å². The van der Waals surface area contributed by atoms with E-state index in [0.717, 1.165) is 25.2 Å². The van der Waals surface area contributed by atoms with Crippen molar-refractivity contribution in [2.75, 3.05) is 20.1 Å². The Hall–Kier alpha value is -0.930. The zero-order valence-electron chi connectivity index (χ0n) is 10.6. The van der Waals surface area contributed by atoms with Gasteiger partial charge in [0.2, 0.25) is 0 Å². The Morgan fingerprint density at radius 1 is 1.38 bits per heavy atom. The third-order valence-corrected chi connectivity index (χ3v) is 2.97. The second-order valence-corrected chi connectivity index (χ2v) is 4.67. The second kappa shape index (κ2) is 6.61. The van der Waals surface area contributed by atoms with Crippen molar-refractivity contribution < 1.29 is 0 Å². The Labute approximate surface area is 98.7 Å². The molecule has 2 atom stereocenters. The molecule has 1 rings (SSSR count). The first kappa shape index (κ1) is 13.1. The van der Waals surface area contributed by atoms with Crippen molar-refractivity contribution >= 4 is 0 Å². The molecule has 0 spiro atoms. The van der Waals surface area contributed by atoms with E-state index < -0.39 is 0 Å². The molecule has 90 valence electrons. The van der Waals surface area contributed by atoms with Crippen LogP contribution in [0.15, 0.2) is 24.4 Å². The molecule has 0 saturated heterocycles. The van der Waals surface area contributed by atoms with Gasteiger partial charge in [0.15, 0.2) is 0 Å². The van der Waals surface area contributed by atoms with Gasteiger partial charge < -0.3 is 10.6 Å². The molecule has 1 aromatic rings. The van der Waals surface area contributed by atoms with E-state index in [1.54, 1.807) is 0 Å². The highest BCUT2D eigenvalue weighted by atomic mass is 15.1. The monoisotopic (exact) mass is 221 g/mol. The molecule has 3 heteroatoms. The molecule has 0 aliphatic rings. The lowest BCUT2D eigenvalue weighted by Crippen LogP contribution is -2.35.